The largest absolute Gasteiger partial charge is 0.469 e. The molecule has 1 heterocycles. The van der Waals surface area contributed by atoms with Crippen LogP contribution in [0, 0.1) is 0 Å². The monoisotopic (exact) mass is 238 g/mol. The van der Waals surface area contributed by atoms with Gasteiger partial charge in [0.25, 0.3) is 0 Å². The van der Waals surface area contributed by atoms with E-state index < -0.39 is 5.97 Å². The van der Waals surface area contributed by atoms with Gasteiger partial charge in [0.15, 0.2) is 5.69 Å². The van der Waals surface area contributed by atoms with Gasteiger partial charge in [-0.05, 0) is 18.1 Å². The first-order valence-electron chi connectivity index (χ1n) is 4.99. The molecule has 0 radical (unpaired) electrons. The smallest absolute Gasteiger partial charge is 0.357 e. The lowest BCUT2D eigenvalue weighted by atomic mass is 10.1. The maximum absolute atomic E-state index is 11.4. The molecule has 1 aromatic rings. The number of carbonyl (C=O) groups excluding carboxylic acids is 2. The average Bonchev–Trinajstić information content (AvgIpc) is 2.35. The zero-order valence-electron chi connectivity index (χ0n) is 9.73. The fourth-order valence-corrected chi connectivity index (χ4v) is 1.32. The number of nitrogen functional groups attached to an aromatic ring is 1. The Balaban J connectivity index is 2.90. The number of carbonyl (C=O) groups is 2. The van der Waals surface area contributed by atoms with Gasteiger partial charge in [-0.2, -0.15) is 0 Å². The zero-order valence-corrected chi connectivity index (χ0v) is 9.73. The topological polar surface area (TPSA) is 91.5 Å². The van der Waals surface area contributed by atoms with Gasteiger partial charge in [-0.1, -0.05) is 6.07 Å². The number of rotatable bonds is 4. The minimum atomic E-state index is -0.572. The van der Waals surface area contributed by atoms with E-state index in [1.165, 1.54) is 14.2 Å². The summed E-state index contributed by atoms with van der Waals surface area (Å²) in [6, 6.07) is 3.22. The first kappa shape index (κ1) is 13.0. The van der Waals surface area contributed by atoms with E-state index in [2.05, 4.69) is 14.5 Å². The molecule has 0 bridgehead atoms. The van der Waals surface area contributed by atoms with Crippen molar-refractivity contribution >= 4 is 17.8 Å². The molecular weight excluding hydrogens is 224 g/mol. The third-order valence-corrected chi connectivity index (χ3v) is 2.21. The molecule has 2 N–H and O–H groups in total. The van der Waals surface area contributed by atoms with Crippen LogP contribution in [-0.2, 0) is 20.7 Å². The minimum absolute atomic E-state index is 0.136. The van der Waals surface area contributed by atoms with Gasteiger partial charge in [0.1, 0.15) is 5.82 Å². The number of esters is 2. The van der Waals surface area contributed by atoms with Crippen LogP contribution in [0.1, 0.15) is 22.5 Å². The van der Waals surface area contributed by atoms with Gasteiger partial charge >= 0.3 is 11.9 Å². The van der Waals surface area contributed by atoms with Crippen molar-refractivity contribution in [3.05, 3.63) is 23.4 Å². The lowest BCUT2D eigenvalue weighted by molar-refractivity contribution is -0.140. The molecule has 1 aromatic heterocycles. The highest BCUT2D eigenvalue weighted by molar-refractivity contribution is 5.89. The number of nitrogens with two attached hydrogens (primary N) is 1. The van der Waals surface area contributed by atoms with Crippen molar-refractivity contribution in [2.45, 2.75) is 12.8 Å². The van der Waals surface area contributed by atoms with Crippen LogP contribution in [0.15, 0.2) is 12.1 Å². The molecule has 92 valence electrons. The summed E-state index contributed by atoms with van der Waals surface area (Å²) in [6.45, 7) is 0. The van der Waals surface area contributed by atoms with Gasteiger partial charge in [-0.15, -0.1) is 0 Å². The summed E-state index contributed by atoms with van der Waals surface area (Å²) in [7, 11) is 2.57. The number of ether oxygens (including phenoxy) is 2. The molecule has 0 aliphatic rings. The van der Waals surface area contributed by atoms with Crippen LogP contribution in [-0.4, -0.2) is 31.1 Å². The van der Waals surface area contributed by atoms with E-state index in [0.29, 0.717) is 12.0 Å². The Morgan fingerprint density at radius 3 is 2.59 bits per heavy atom. The summed E-state index contributed by atoms with van der Waals surface area (Å²) in [5.74, 6) is -0.693. The van der Waals surface area contributed by atoms with Gasteiger partial charge in [0, 0.05) is 6.42 Å². The number of pyridine rings is 1. The second-order valence-corrected chi connectivity index (χ2v) is 3.31. The van der Waals surface area contributed by atoms with E-state index in [0.717, 1.165) is 0 Å². The molecular formula is C11H14N2O4. The van der Waals surface area contributed by atoms with E-state index in [1.54, 1.807) is 12.1 Å². The van der Waals surface area contributed by atoms with Crippen LogP contribution in [0.3, 0.4) is 0 Å². The molecule has 0 unspecified atom stereocenters. The van der Waals surface area contributed by atoms with E-state index >= 15 is 0 Å². The van der Waals surface area contributed by atoms with Crippen LogP contribution in [0.25, 0.3) is 0 Å². The number of aromatic nitrogens is 1. The van der Waals surface area contributed by atoms with Gasteiger partial charge < -0.3 is 15.2 Å². The summed E-state index contributed by atoms with van der Waals surface area (Å²) < 4.78 is 9.11. The SMILES string of the molecule is COC(=O)CCc1ccc(N)nc1C(=O)OC. The van der Waals surface area contributed by atoms with Crippen LogP contribution in [0.4, 0.5) is 5.82 Å². The number of hydrogen-bond acceptors (Lipinski definition) is 6. The normalized spacial score (nSPS) is 9.76. The number of anilines is 1. The molecule has 0 aliphatic carbocycles. The molecule has 6 nitrogen and oxygen atoms in total. The van der Waals surface area contributed by atoms with Crippen molar-refractivity contribution in [2.75, 3.05) is 20.0 Å². The Labute approximate surface area is 98.7 Å². The fraction of sp³-hybridized carbons (Fsp3) is 0.364. The van der Waals surface area contributed by atoms with Gasteiger partial charge in [0.2, 0.25) is 0 Å². The Hall–Kier alpha value is -2.11. The lowest BCUT2D eigenvalue weighted by Gasteiger charge is -2.07. The van der Waals surface area contributed by atoms with Crippen molar-refractivity contribution in [3.63, 3.8) is 0 Å². The quantitative estimate of drug-likeness (QED) is 0.770. The molecule has 0 aromatic carbocycles. The third-order valence-electron chi connectivity index (χ3n) is 2.21. The molecule has 17 heavy (non-hydrogen) atoms. The number of methoxy groups -OCH3 is 2. The van der Waals surface area contributed by atoms with Crippen molar-refractivity contribution in [1.29, 1.82) is 0 Å². The summed E-state index contributed by atoms with van der Waals surface area (Å²) in [4.78, 5) is 26.4. The third kappa shape index (κ3) is 3.44. The van der Waals surface area contributed by atoms with Gasteiger partial charge in [0.05, 0.1) is 14.2 Å². The molecule has 0 atom stereocenters. The lowest BCUT2D eigenvalue weighted by Crippen LogP contribution is -2.11. The van der Waals surface area contributed by atoms with Crippen LogP contribution < -0.4 is 5.73 Å². The number of aryl methyl sites for hydroxylation is 1. The summed E-state index contributed by atoms with van der Waals surface area (Å²) in [5.41, 5.74) is 6.23. The second-order valence-electron chi connectivity index (χ2n) is 3.31. The fourth-order valence-electron chi connectivity index (χ4n) is 1.32. The molecule has 0 saturated heterocycles. The Morgan fingerprint density at radius 1 is 1.29 bits per heavy atom. The van der Waals surface area contributed by atoms with Gasteiger partial charge in [-0.3, -0.25) is 4.79 Å². The molecule has 6 heteroatoms. The second kappa shape index (κ2) is 5.83. The average molecular weight is 238 g/mol. The summed E-state index contributed by atoms with van der Waals surface area (Å²) in [5, 5.41) is 0. The van der Waals surface area contributed by atoms with Crippen molar-refractivity contribution in [2.24, 2.45) is 0 Å². The maximum atomic E-state index is 11.4. The molecule has 1 rings (SSSR count). The van der Waals surface area contributed by atoms with Gasteiger partial charge in [-0.25, -0.2) is 9.78 Å². The highest BCUT2D eigenvalue weighted by Gasteiger charge is 2.15. The first-order valence-corrected chi connectivity index (χ1v) is 4.99. The van der Waals surface area contributed by atoms with Crippen LogP contribution in [0.5, 0.6) is 0 Å². The summed E-state index contributed by atoms with van der Waals surface area (Å²) in [6.07, 6.45) is 0.524. The van der Waals surface area contributed by atoms with Crippen molar-refractivity contribution < 1.29 is 19.1 Å². The number of nitrogens with zero attached hydrogens (tertiary/aromatic N) is 1. The predicted octanol–water partition coefficient (Wildman–Crippen LogP) is 0.556. The molecule has 0 fully saturated rings. The highest BCUT2D eigenvalue weighted by Crippen LogP contribution is 2.13. The van der Waals surface area contributed by atoms with E-state index in [4.69, 9.17) is 5.73 Å². The standard InChI is InChI=1S/C11H14N2O4/c1-16-9(14)6-4-7-3-5-8(12)13-10(7)11(15)17-2/h3,5H,4,6H2,1-2H3,(H2,12,13). The molecule has 0 spiro atoms. The van der Waals surface area contributed by atoms with Crippen LogP contribution in [0.2, 0.25) is 0 Å². The minimum Gasteiger partial charge on any atom is -0.469 e. The predicted molar refractivity (Wildman–Crippen MR) is 60.3 cm³/mol. The molecule has 0 amide bonds. The molecule has 0 saturated carbocycles. The molecule has 0 aliphatic heterocycles. The summed E-state index contributed by atoms with van der Waals surface area (Å²) >= 11 is 0. The zero-order chi connectivity index (χ0) is 12.8. The van der Waals surface area contributed by atoms with E-state index in [1.807, 2.05) is 0 Å². The Bertz CT molecular complexity index is 431. The number of hydrogen-bond donors (Lipinski definition) is 1. The Morgan fingerprint density at radius 2 is 2.00 bits per heavy atom. The van der Waals surface area contributed by atoms with E-state index in [9.17, 15) is 9.59 Å². The van der Waals surface area contributed by atoms with Crippen LogP contribution >= 0.6 is 0 Å². The van der Waals surface area contributed by atoms with E-state index in [-0.39, 0.29) is 23.9 Å². The van der Waals surface area contributed by atoms with Crippen molar-refractivity contribution in [3.8, 4) is 0 Å². The highest BCUT2D eigenvalue weighted by atomic mass is 16.5. The van der Waals surface area contributed by atoms with Crippen molar-refractivity contribution in [1.82, 2.24) is 4.98 Å². The first-order chi connectivity index (χ1) is 8.08. The Kier molecular flexibility index (Phi) is 4.45. The maximum Gasteiger partial charge on any atom is 0.357 e.